The Labute approximate surface area is 597 Å². The number of fused-ring (bicyclic) bond motifs is 24. The van der Waals surface area contributed by atoms with Crippen LogP contribution in [0.1, 0.15) is 55.5 Å². The van der Waals surface area contributed by atoms with Gasteiger partial charge in [0, 0.05) is 65.6 Å². The van der Waals surface area contributed by atoms with Crippen LogP contribution in [0, 0.1) is 0 Å². The lowest BCUT2D eigenvalue weighted by Gasteiger charge is -2.37. The van der Waals surface area contributed by atoms with Crippen LogP contribution in [-0.2, 0) is 0 Å². The third kappa shape index (κ3) is 7.61. The van der Waals surface area contributed by atoms with E-state index in [1.54, 1.807) is 12.1 Å². The van der Waals surface area contributed by atoms with E-state index in [0.29, 0.717) is 87.1 Å². The number of nitrogens with zero attached hydrogens (tertiary/aromatic N) is 4. The lowest BCUT2D eigenvalue weighted by Crippen LogP contribution is -2.60. The van der Waals surface area contributed by atoms with Crippen LogP contribution in [0.15, 0.2) is 327 Å². The predicted octanol–water partition coefficient (Wildman–Crippen LogP) is 22.5. The fourth-order valence-corrected chi connectivity index (χ4v) is 16.0. The van der Waals surface area contributed by atoms with Crippen molar-refractivity contribution in [2.45, 2.75) is 19.8 Å². The summed E-state index contributed by atoms with van der Waals surface area (Å²) in [6, 6.07) is 46.7. The minimum Gasteiger partial charge on any atom is -0.309 e. The standard InChI is InChI=1S/C93H61BN4/c1-57(2)60-55-85-89-86(56-60)98-91-62(59-29-7-4-8-30-59)44-26-46-76(91)68-36-12-10-32-64(68)66-34-14-16-42-74(66)88-84(96-81-49-23-19-39-71(81)72-40-20-24-50-82(72)96)54-52-78(93(88)98)94(89)77-51-53-83(95-79-47-21-17-37-69(79)70-38-18-22-48-80(70)95)87-73-41-15-13-33-65(73)63-31-9-11-35-67(63)75-45-25-43-61(58-27-5-3-6-28-58)90(75)97(85)92(77)87/h3-57H,1-2H3/i17D,18D,19D,20D,21D,22D,23D,24D,37D,38D,39D,40D,47D,48D,49D,50D,51D,52D,53D,54D,55D,56D. The summed E-state index contributed by atoms with van der Waals surface area (Å²) < 4.78 is 231. The van der Waals surface area contributed by atoms with Crippen LogP contribution in [0.25, 0.3) is 175 Å². The molecule has 0 unspecified atom stereocenters. The Kier molecular flexibility index (Phi) is 8.07. The Bertz CT molecular complexity index is 7610. The molecule has 21 rings (SSSR count). The molecule has 15 aromatic carbocycles. The fourth-order valence-electron chi connectivity index (χ4n) is 16.0. The number of hydrogen-bond donors (Lipinski definition) is 0. The highest BCUT2D eigenvalue weighted by Crippen LogP contribution is 2.47. The van der Waals surface area contributed by atoms with Gasteiger partial charge in [0.2, 0.25) is 0 Å². The first-order valence-corrected chi connectivity index (χ1v) is 32.6. The van der Waals surface area contributed by atoms with E-state index in [-0.39, 0.29) is 122 Å². The molecule has 2 aliphatic rings. The molecule has 6 heterocycles. The van der Waals surface area contributed by atoms with E-state index in [9.17, 15) is 30.2 Å². The second-order valence-corrected chi connectivity index (χ2v) is 25.4. The topological polar surface area (TPSA) is 19.7 Å². The van der Waals surface area contributed by atoms with Crippen LogP contribution in [-0.4, -0.2) is 25.0 Å². The van der Waals surface area contributed by atoms with E-state index in [4.69, 9.17) is 0 Å². The van der Waals surface area contributed by atoms with E-state index in [1.807, 2.05) is 205 Å². The van der Waals surface area contributed by atoms with Gasteiger partial charge in [0.05, 0.1) is 85.7 Å². The molecule has 0 bridgehead atoms. The van der Waals surface area contributed by atoms with Gasteiger partial charge in [-0.15, -0.1) is 0 Å². The Balaban J connectivity index is 1.16. The molecular weight excluding hydrogens is 1180 g/mol. The molecule has 0 N–H and O–H groups in total. The zero-order valence-electron chi connectivity index (χ0n) is 74.4. The molecule has 5 heteroatoms. The number of rotatable bonds is 5. The molecule has 4 nitrogen and oxygen atoms in total. The largest absolute Gasteiger partial charge is 0.309 e. The maximum absolute atomic E-state index is 11.8. The van der Waals surface area contributed by atoms with Gasteiger partial charge in [-0.25, -0.2) is 0 Å². The third-order valence-corrected chi connectivity index (χ3v) is 20.1. The Hall–Kier alpha value is -12.4. The van der Waals surface area contributed by atoms with Crippen molar-refractivity contribution in [3.8, 4) is 45.0 Å². The van der Waals surface area contributed by atoms with Gasteiger partial charge in [0.15, 0.2) is 0 Å². The van der Waals surface area contributed by atoms with Crippen LogP contribution in [0.4, 0.5) is 0 Å². The molecule has 0 radical (unpaired) electrons. The average Bonchev–Trinajstić information content (AvgIpc) is 1.06. The summed E-state index contributed by atoms with van der Waals surface area (Å²) in [6.45, 7) is 2.05. The van der Waals surface area contributed by atoms with Gasteiger partial charge in [-0.2, -0.15) is 0 Å². The van der Waals surface area contributed by atoms with Crippen LogP contribution in [0.5, 0.6) is 0 Å². The maximum Gasteiger partial charge on any atom is 0.252 e. The molecule has 0 amide bonds. The zero-order chi connectivity index (χ0) is 83.6. The van der Waals surface area contributed by atoms with Crippen LogP contribution in [0.3, 0.4) is 0 Å². The lowest BCUT2D eigenvalue weighted by atomic mass is 9.34. The second-order valence-electron chi connectivity index (χ2n) is 25.4. The van der Waals surface area contributed by atoms with Gasteiger partial charge in [-0.3, -0.25) is 0 Å². The smallest absolute Gasteiger partial charge is 0.252 e. The molecule has 0 spiro atoms. The summed E-state index contributed by atoms with van der Waals surface area (Å²) in [5.41, 5.74) is 1.75. The van der Waals surface area contributed by atoms with Crippen molar-refractivity contribution < 1.29 is 30.2 Å². The summed E-state index contributed by atoms with van der Waals surface area (Å²) in [7, 11) is 0. The van der Waals surface area contributed by atoms with Gasteiger partial charge in [0.1, 0.15) is 0 Å². The highest BCUT2D eigenvalue weighted by Gasteiger charge is 2.42. The minimum atomic E-state index is -1.71. The normalized spacial score (nSPS) is 15.6. The maximum atomic E-state index is 11.8. The van der Waals surface area contributed by atoms with Crippen LogP contribution >= 0.6 is 0 Å². The lowest BCUT2D eigenvalue weighted by molar-refractivity contribution is 0.862. The summed E-state index contributed by atoms with van der Waals surface area (Å²) >= 11 is 0. The number of hydrogen-bond acceptors (Lipinski definition) is 0. The Morgan fingerprint density at radius 2 is 0.592 bits per heavy atom. The van der Waals surface area contributed by atoms with E-state index < -0.39 is 133 Å². The van der Waals surface area contributed by atoms with Gasteiger partial charge in [-0.05, 0) is 130 Å². The van der Waals surface area contributed by atoms with Crippen molar-refractivity contribution in [2.75, 3.05) is 0 Å². The van der Waals surface area contributed by atoms with Crippen molar-refractivity contribution >= 4 is 153 Å². The first-order valence-electron chi connectivity index (χ1n) is 43.6. The fraction of sp³-hybridized carbons (Fsp3) is 0.0323. The van der Waals surface area contributed by atoms with Crippen molar-refractivity contribution in [1.82, 2.24) is 18.3 Å². The quantitative estimate of drug-likeness (QED) is 0.153. The summed E-state index contributed by atoms with van der Waals surface area (Å²) in [6.07, 6.45) is 0. The molecule has 0 saturated carbocycles. The first-order chi connectivity index (χ1) is 57.7. The average molecular weight is 1270 g/mol. The van der Waals surface area contributed by atoms with Crippen molar-refractivity contribution in [2.24, 2.45) is 0 Å². The van der Waals surface area contributed by atoms with Gasteiger partial charge < -0.3 is 18.3 Å². The highest BCUT2D eigenvalue weighted by atomic mass is 15.1. The highest BCUT2D eigenvalue weighted by molar-refractivity contribution is 7.00. The summed E-state index contributed by atoms with van der Waals surface area (Å²) in [5, 5.41) is 4.22. The van der Waals surface area contributed by atoms with Crippen LogP contribution < -0.4 is 16.4 Å². The molecule has 0 aliphatic carbocycles. The summed E-state index contributed by atoms with van der Waals surface area (Å²) in [4.78, 5) is 0. The third-order valence-electron chi connectivity index (χ3n) is 20.1. The Morgan fingerprint density at radius 3 is 0.959 bits per heavy atom. The molecule has 0 fully saturated rings. The predicted molar refractivity (Wildman–Crippen MR) is 419 cm³/mol. The SMILES string of the molecule is [2H]c1c(C(C)C)c([2H])c2c3c1-n1c4c(-c5ccccc5)cccc4c4ccccc4c4ccccc4c4c(-n5c6c([2H])c([2H])c([2H])c([2H])c6c6c([2H])c([2H])c([2H])c([2H])c65)c([2H])c([2H])c(c41)B3c1c([2H])c([2H])c(-n3c4c([2H])c([2H])c([2H])c([2H])c4c4c([2H])c([2H])c([2H])c([2H])c43)c3c4ccccc4c4ccccc4c4cccc(-c5ccccc5)c4n-2c13. The van der Waals surface area contributed by atoms with Crippen molar-refractivity contribution in [1.29, 1.82) is 0 Å². The number of aromatic nitrogens is 4. The van der Waals surface area contributed by atoms with Gasteiger partial charge in [0.25, 0.3) is 6.71 Å². The van der Waals surface area contributed by atoms with E-state index in [2.05, 4.69) is 0 Å². The van der Waals surface area contributed by atoms with Gasteiger partial charge >= 0.3 is 0 Å². The molecule has 0 atom stereocenters. The monoisotopic (exact) mass is 1270 g/mol. The molecule has 2 aliphatic heterocycles. The summed E-state index contributed by atoms with van der Waals surface area (Å²) in [5.74, 6) is -0.722. The zero-order valence-corrected chi connectivity index (χ0v) is 52.4. The number of benzene rings is 15. The second kappa shape index (κ2) is 21.0. The van der Waals surface area contributed by atoms with Crippen molar-refractivity contribution in [3.05, 3.63) is 333 Å². The molecule has 456 valence electrons. The Morgan fingerprint density at radius 1 is 0.276 bits per heavy atom. The van der Waals surface area contributed by atoms with Gasteiger partial charge in [-0.1, -0.05) is 293 Å². The van der Waals surface area contributed by atoms with Crippen LogP contribution in [0.2, 0.25) is 0 Å². The molecular formula is C93H61BN4. The van der Waals surface area contributed by atoms with Crippen molar-refractivity contribution in [3.63, 3.8) is 0 Å². The first kappa shape index (κ1) is 37.6. The number of para-hydroxylation sites is 6. The minimum absolute atomic E-state index is 0.0424. The molecule has 98 heavy (non-hydrogen) atoms. The molecule has 4 aromatic heterocycles. The van der Waals surface area contributed by atoms with E-state index in [1.165, 1.54) is 9.13 Å². The molecule has 19 aromatic rings. The molecule has 0 saturated heterocycles. The van der Waals surface area contributed by atoms with E-state index in [0.717, 1.165) is 0 Å². The van der Waals surface area contributed by atoms with E-state index >= 15 is 0 Å².